The number of amides is 2. The number of hydrogen-bond donors (Lipinski definition) is 3. The summed E-state index contributed by atoms with van der Waals surface area (Å²) in [5.41, 5.74) is 3.71. The molecule has 1 aliphatic rings. The monoisotopic (exact) mass is 357 g/mol. The largest absolute Gasteiger partial charge is 0.385 e. The Hall–Kier alpha value is -2.27. The van der Waals surface area contributed by atoms with Gasteiger partial charge in [-0.3, -0.25) is 0 Å². The van der Waals surface area contributed by atoms with Crippen molar-refractivity contribution in [2.75, 3.05) is 17.2 Å². The second kappa shape index (κ2) is 6.66. The first-order chi connectivity index (χ1) is 10.7. The molecule has 4 nitrogen and oxygen atoms in total. The molecule has 0 unspecified atom stereocenters. The summed E-state index contributed by atoms with van der Waals surface area (Å²) in [5, 5.41) is 8.99. The maximum Gasteiger partial charge on any atom is 0.323 e. The molecule has 22 heavy (non-hydrogen) atoms. The minimum absolute atomic E-state index is 0.261. The highest BCUT2D eigenvalue weighted by atomic mass is 79.9. The van der Waals surface area contributed by atoms with E-state index in [1.165, 1.54) is 0 Å². The zero-order chi connectivity index (χ0) is 15.4. The molecule has 0 atom stereocenters. The third-order valence-electron chi connectivity index (χ3n) is 3.32. The maximum absolute atomic E-state index is 12.1. The highest BCUT2D eigenvalue weighted by molar-refractivity contribution is 9.10. The standard InChI is InChI=1S/C17H16BrN3O/c18-13-5-2-7-15(11-13)21-17(22)20-14-6-1-4-12(10-14)16-8-3-9-19-16/h1-2,4-8,10-11,19H,3,9H2,(H2,20,21,22). The Bertz CT molecular complexity index is 727. The van der Waals surface area contributed by atoms with Crippen molar-refractivity contribution in [1.29, 1.82) is 0 Å². The average Bonchev–Trinajstić information content (AvgIpc) is 3.01. The lowest BCUT2D eigenvalue weighted by Crippen LogP contribution is -2.19. The van der Waals surface area contributed by atoms with E-state index in [1.807, 2.05) is 48.5 Å². The molecule has 1 heterocycles. The summed E-state index contributed by atoms with van der Waals surface area (Å²) in [6.45, 7) is 0.969. The molecule has 0 fully saturated rings. The van der Waals surface area contributed by atoms with E-state index in [0.29, 0.717) is 0 Å². The molecule has 3 rings (SSSR count). The van der Waals surface area contributed by atoms with E-state index in [0.717, 1.165) is 40.1 Å². The molecule has 0 aliphatic carbocycles. The van der Waals surface area contributed by atoms with E-state index in [-0.39, 0.29) is 6.03 Å². The van der Waals surface area contributed by atoms with Crippen molar-refractivity contribution >= 4 is 39.0 Å². The van der Waals surface area contributed by atoms with Gasteiger partial charge in [-0.1, -0.05) is 40.2 Å². The molecule has 0 saturated carbocycles. The molecular formula is C17H16BrN3O. The van der Waals surface area contributed by atoms with Gasteiger partial charge in [0.2, 0.25) is 0 Å². The molecule has 0 aromatic heterocycles. The lowest BCUT2D eigenvalue weighted by atomic mass is 10.1. The Kier molecular flexibility index (Phi) is 4.44. The Labute approximate surface area is 137 Å². The topological polar surface area (TPSA) is 53.2 Å². The predicted octanol–water partition coefficient (Wildman–Crippen LogP) is 4.43. The van der Waals surface area contributed by atoms with Crippen LogP contribution in [0.4, 0.5) is 16.2 Å². The van der Waals surface area contributed by atoms with Crippen molar-refractivity contribution in [2.24, 2.45) is 0 Å². The van der Waals surface area contributed by atoms with Gasteiger partial charge >= 0.3 is 6.03 Å². The van der Waals surface area contributed by atoms with Crippen molar-refractivity contribution in [3.63, 3.8) is 0 Å². The van der Waals surface area contributed by atoms with Gasteiger partial charge in [0.05, 0.1) is 0 Å². The van der Waals surface area contributed by atoms with Crippen molar-refractivity contribution in [2.45, 2.75) is 6.42 Å². The summed E-state index contributed by atoms with van der Waals surface area (Å²) >= 11 is 3.38. The van der Waals surface area contributed by atoms with Gasteiger partial charge in [-0.25, -0.2) is 4.79 Å². The predicted molar refractivity (Wildman–Crippen MR) is 93.8 cm³/mol. The van der Waals surface area contributed by atoms with Gasteiger partial charge in [-0.15, -0.1) is 0 Å². The smallest absolute Gasteiger partial charge is 0.323 e. The highest BCUT2D eigenvalue weighted by Gasteiger charge is 2.08. The number of halogens is 1. The number of hydrogen-bond acceptors (Lipinski definition) is 2. The molecule has 112 valence electrons. The van der Waals surface area contributed by atoms with Gasteiger partial charge in [-0.05, 0) is 42.3 Å². The van der Waals surface area contributed by atoms with Crippen LogP contribution in [0.15, 0.2) is 59.1 Å². The molecule has 1 aliphatic heterocycles. The minimum Gasteiger partial charge on any atom is -0.385 e. The minimum atomic E-state index is -0.261. The molecule has 5 heteroatoms. The molecule has 0 saturated heterocycles. The lowest BCUT2D eigenvalue weighted by molar-refractivity contribution is 0.262. The third kappa shape index (κ3) is 3.68. The summed E-state index contributed by atoms with van der Waals surface area (Å²) in [6.07, 6.45) is 3.21. The quantitative estimate of drug-likeness (QED) is 0.761. The van der Waals surface area contributed by atoms with Crippen molar-refractivity contribution in [1.82, 2.24) is 5.32 Å². The second-order valence-electron chi connectivity index (χ2n) is 5.00. The van der Waals surface area contributed by atoms with E-state index in [1.54, 1.807) is 0 Å². The van der Waals surface area contributed by atoms with Gasteiger partial charge in [0, 0.05) is 28.1 Å². The van der Waals surface area contributed by atoms with Crippen LogP contribution in [0, 0.1) is 0 Å². The fraction of sp³-hybridized carbons (Fsp3) is 0.118. The number of carbonyl (C=O) groups is 1. The third-order valence-corrected chi connectivity index (χ3v) is 3.82. The Balaban J connectivity index is 1.67. The van der Waals surface area contributed by atoms with Crippen molar-refractivity contribution < 1.29 is 4.79 Å². The van der Waals surface area contributed by atoms with Crippen molar-refractivity contribution in [3.05, 3.63) is 64.6 Å². The summed E-state index contributed by atoms with van der Waals surface area (Å²) < 4.78 is 0.923. The molecule has 2 aromatic rings. The van der Waals surface area contributed by atoms with E-state index in [2.05, 4.69) is 38.0 Å². The summed E-state index contributed by atoms with van der Waals surface area (Å²) in [5.74, 6) is 0. The number of urea groups is 1. The number of carbonyl (C=O) groups excluding carboxylic acids is 1. The normalized spacial score (nSPS) is 13.2. The fourth-order valence-electron chi connectivity index (χ4n) is 2.34. The summed E-state index contributed by atoms with van der Waals surface area (Å²) in [6, 6.07) is 15.0. The molecular weight excluding hydrogens is 342 g/mol. The van der Waals surface area contributed by atoms with E-state index in [9.17, 15) is 4.79 Å². The lowest BCUT2D eigenvalue weighted by Gasteiger charge is -2.10. The number of rotatable bonds is 3. The van der Waals surface area contributed by atoms with Gasteiger partial charge in [0.1, 0.15) is 0 Å². The first-order valence-electron chi connectivity index (χ1n) is 7.09. The van der Waals surface area contributed by atoms with Crippen LogP contribution in [-0.2, 0) is 0 Å². The van der Waals surface area contributed by atoms with Crippen LogP contribution < -0.4 is 16.0 Å². The van der Waals surface area contributed by atoms with Crippen molar-refractivity contribution in [3.8, 4) is 0 Å². The molecule has 2 amide bonds. The van der Waals surface area contributed by atoms with Crippen LogP contribution in [0.25, 0.3) is 5.70 Å². The highest BCUT2D eigenvalue weighted by Crippen LogP contribution is 2.20. The van der Waals surface area contributed by atoms with E-state index < -0.39 is 0 Å². The zero-order valence-electron chi connectivity index (χ0n) is 11.9. The second-order valence-corrected chi connectivity index (χ2v) is 5.92. The Morgan fingerprint density at radius 2 is 1.77 bits per heavy atom. The Morgan fingerprint density at radius 1 is 1.05 bits per heavy atom. The van der Waals surface area contributed by atoms with Gasteiger partial charge in [-0.2, -0.15) is 0 Å². The molecule has 0 bridgehead atoms. The van der Waals surface area contributed by atoms with Crippen LogP contribution >= 0.6 is 15.9 Å². The number of benzene rings is 2. The van der Waals surface area contributed by atoms with Crippen LogP contribution in [0.5, 0.6) is 0 Å². The Morgan fingerprint density at radius 3 is 2.45 bits per heavy atom. The molecule has 0 spiro atoms. The molecule has 3 N–H and O–H groups in total. The van der Waals surface area contributed by atoms with E-state index in [4.69, 9.17) is 0 Å². The summed E-state index contributed by atoms with van der Waals surface area (Å²) in [7, 11) is 0. The van der Waals surface area contributed by atoms with Crippen LogP contribution in [0.2, 0.25) is 0 Å². The first-order valence-corrected chi connectivity index (χ1v) is 7.88. The van der Waals surface area contributed by atoms with Crippen LogP contribution in [0.1, 0.15) is 12.0 Å². The zero-order valence-corrected chi connectivity index (χ0v) is 13.5. The maximum atomic E-state index is 12.1. The van der Waals surface area contributed by atoms with Gasteiger partial charge in [0.15, 0.2) is 0 Å². The molecule has 0 radical (unpaired) electrons. The fourth-order valence-corrected chi connectivity index (χ4v) is 2.74. The van der Waals surface area contributed by atoms with Gasteiger partial charge < -0.3 is 16.0 Å². The average molecular weight is 358 g/mol. The van der Waals surface area contributed by atoms with Gasteiger partial charge in [0.25, 0.3) is 0 Å². The van der Waals surface area contributed by atoms with E-state index >= 15 is 0 Å². The van der Waals surface area contributed by atoms with Crippen LogP contribution in [0.3, 0.4) is 0 Å². The summed E-state index contributed by atoms with van der Waals surface area (Å²) in [4.78, 5) is 12.1. The SMILES string of the molecule is O=C(Nc1cccc(Br)c1)Nc1cccc(C2=CCCN2)c1. The van der Waals surface area contributed by atoms with Crippen LogP contribution in [-0.4, -0.2) is 12.6 Å². The first kappa shape index (κ1) is 14.7. The number of anilines is 2. The number of nitrogens with one attached hydrogen (secondary N) is 3. The molecule has 2 aromatic carbocycles.